The average molecular weight is 483 g/mol. The van der Waals surface area contributed by atoms with E-state index >= 15 is 0 Å². The first-order valence-corrected chi connectivity index (χ1v) is 13.3. The number of allylic oxidation sites excluding steroid dienone is 2. The van der Waals surface area contributed by atoms with Crippen LogP contribution in [0.25, 0.3) is 11.6 Å². The summed E-state index contributed by atoms with van der Waals surface area (Å²) in [7, 11) is 0. The molecule has 36 heavy (non-hydrogen) atoms. The van der Waals surface area contributed by atoms with Crippen molar-refractivity contribution in [3.05, 3.63) is 119 Å². The van der Waals surface area contributed by atoms with Crippen LogP contribution in [0.2, 0.25) is 0 Å². The fourth-order valence-electron chi connectivity index (χ4n) is 4.35. The molecule has 188 valence electrons. The molecule has 0 aromatic heterocycles. The molecule has 1 nitrogen and oxygen atoms in total. The van der Waals surface area contributed by atoms with Crippen molar-refractivity contribution in [1.29, 1.82) is 0 Å². The smallest absolute Gasteiger partial charge is 0.185 e. The molecular weight excluding hydrogens is 443 g/mol. The quantitative estimate of drug-likeness (QED) is 0.120. The number of hydrogen-bond donors (Lipinski definition) is 0. The van der Waals surface area contributed by atoms with Gasteiger partial charge in [-0.1, -0.05) is 105 Å². The normalized spacial score (nSPS) is 11.2. The Hall–Kier alpha value is -3.26. The molecule has 0 heterocycles. The Kier molecular flexibility index (Phi) is 11.4. The highest BCUT2D eigenvalue weighted by Gasteiger charge is 2.02. The van der Waals surface area contributed by atoms with Crippen molar-refractivity contribution in [1.82, 2.24) is 0 Å². The van der Waals surface area contributed by atoms with Gasteiger partial charge in [-0.2, -0.15) is 0 Å². The molecule has 0 spiro atoms. The lowest BCUT2D eigenvalue weighted by Crippen LogP contribution is -1.93. The van der Waals surface area contributed by atoms with E-state index in [1.54, 1.807) is 6.08 Å². The summed E-state index contributed by atoms with van der Waals surface area (Å²) >= 11 is 0. The van der Waals surface area contributed by atoms with E-state index in [1.807, 2.05) is 6.08 Å². The van der Waals surface area contributed by atoms with Gasteiger partial charge < -0.3 is 0 Å². The molecule has 3 aromatic carbocycles. The van der Waals surface area contributed by atoms with Crippen LogP contribution in [0.15, 0.2) is 85.5 Å². The molecule has 0 aliphatic carbocycles. The summed E-state index contributed by atoms with van der Waals surface area (Å²) in [4.78, 5) is 12.2. The molecule has 0 saturated carbocycles. The highest BCUT2D eigenvalue weighted by Crippen LogP contribution is 2.16. The monoisotopic (exact) mass is 482 g/mol. The predicted molar refractivity (Wildman–Crippen MR) is 152 cm³/mol. The number of benzene rings is 3. The molecule has 0 fully saturated rings. The number of carbonyl (C=O) groups is 1. The molecule has 3 aromatic rings. The highest BCUT2D eigenvalue weighted by molar-refractivity contribution is 6.06. The van der Waals surface area contributed by atoms with Crippen LogP contribution in [-0.4, -0.2) is 5.78 Å². The van der Waals surface area contributed by atoms with Crippen molar-refractivity contribution in [3.63, 3.8) is 0 Å². The summed E-state index contributed by atoms with van der Waals surface area (Å²) in [5.74, 6) is -0.452. The van der Waals surface area contributed by atoms with E-state index in [2.05, 4.69) is 62.0 Å². The topological polar surface area (TPSA) is 17.1 Å². The van der Waals surface area contributed by atoms with Crippen LogP contribution >= 0.6 is 0 Å². The molecule has 0 bridgehead atoms. The van der Waals surface area contributed by atoms with Gasteiger partial charge in [0.25, 0.3) is 0 Å². The summed E-state index contributed by atoms with van der Waals surface area (Å²) in [6, 6.07) is 22.9. The molecule has 2 heteroatoms. The van der Waals surface area contributed by atoms with Gasteiger partial charge in [-0.15, -0.1) is 0 Å². The zero-order chi connectivity index (χ0) is 25.6. The third kappa shape index (κ3) is 9.77. The van der Waals surface area contributed by atoms with Crippen LogP contribution in [-0.2, 0) is 12.8 Å². The van der Waals surface area contributed by atoms with E-state index in [9.17, 15) is 9.18 Å². The maximum atomic E-state index is 13.0. The largest absolute Gasteiger partial charge is 0.289 e. The maximum absolute atomic E-state index is 13.0. The van der Waals surface area contributed by atoms with Crippen LogP contribution in [0.4, 0.5) is 4.39 Å². The lowest BCUT2D eigenvalue weighted by Gasteiger charge is -2.05. The minimum atomic E-state index is -0.334. The molecule has 0 saturated heterocycles. The second kappa shape index (κ2) is 15.0. The molecule has 0 aliphatic rings. The van der Waals surface area contributed by atoms with Crippen LogP contribution in [0.3, 0.4) is 0 Å². The van der Waals surface area contributed by atoms with Crippen molar-refractivity contribution in [2.45, 2.75) is 71.1 Å². The van der Waals surface area contributed by atoms with Crippen LogP contribution in [0, 0.1) is 5.82 Å². The van der Waals surface area contributed by atoms with Gasteiger partial charge in [0.15, 0.2) is 5.78 Å². The highest BCUT2D eigenvalue weighted by atomic mass is 19.1. The lowest BCUT2D eigenvalue weighted by atomic mass is 10.0. The third-order valence-electron chi connectivity index (χ3n) is 6.66. The van der Waals surface area contributed by atoms with Gasteiger partial charge in [-0.3, -0.25) is 4.79 Å². The first kappa shape index (κ1) is 27.3. The number of rotatable bonds is 15. The molecule has 0 unspecified atom stereocenters. The van der Waals surface area contributed by atoms with Crippen molar-refractivity contribution in [2.24, 2.45) is 0 Å². The lowest BCUT2D eigenvalue weighted by molar-refractivity contribution is 0.104. The van der Waals surface area contributed by atoms with Crippen molar-refractivity contribution in [2.75, 3.05) is 0 Å². The number of ketones is 1. The Bertz CT molecular complexity index is 1110. The molecule has 0 N–H and O–H groups in total. The number of halogens is 1. The summed E-state index contributed by atoms with van der Waals surface area (Å²) in [5, 5.41) is 0. The first-order valence-electron chi connectivity index (χ1n) is 13.3. The van der Waals surface area contributed by atoms with E-state index in [-0.39, 0.29) is 11.6 Å². The van der Waals surface area contributed by atoms with Crippen molar-refractivity contribution < 1.29 is 9.18 Å². The van der Waals surface area contributed by atoms with E-state index < -0.39 is 0 Å². The fraction of sp³-hybridized carbons (Fsp3) is 0.324. The minimum absolute atomic E-state index is 0.118. The van der Waals surface area contributed by atoms with Gasteiger partial charge in [0.2, 0.25) is 0 Å². The van der Waals surface area contributed by atoms with E-state index in [4.69, 9.17) is 0 Å². The van der Waals surface area contributed by atoms with Gasteiger partial charge in [-0.25, -0.2) is 4.39 Å². The maximum Gasteiger partial charge on any atom is 0.185 e. The Balaban J connectivity index is 1.22. The molecular formula is C34H39FO. The van der Waals surface area contributed by atoms with Crippen molar-refractivity contribution in [3.8, 4) is 0 Å². The summed E-state index contributed by atoms with van der Waals surface area (Å²) < 4.78 is 13.0. The van der Waals surface area contributed by atoms with Gasteiger partial charge in [-0.05, 0) is 85.2 Å². The van der Waals surface area contributed by atoms with Gasteiger partial charge in [0.05, 0.1) is 0 Å². The standard InChI is InChI=1S/C34H39FO/c1-27(2)31-20-17-29(18-21-31)12-10-8-6-4-3-5-7-9-11-28-13-15-30(16-14-28)19-26-34(36)32-22-24-33(35)25-23-32/h13-26H,1,3-12H2,2H3. The zero-order valence-electron chi connectivity index (χ0n) is 21.6. The second-order valence-electron chi connectivity index (χ2n) is 9.75. The summed E-state index contributed by atoms with van der Waals surface area (Å²) in [5.41, 5.74) is 6.63. The molecule has 0 radical (unpaired) electrons. The van der Waals surface area contributed by atoms with E-state index in [0.717, 1.165) is 17.6 Å². The van der Waals surface area contributed by atoms with Gasteiger partial charge in [0.1, 0.15) is 5.82 Å². The average Bonchev–Trinajstić information content (AvgIpc) is 2.89. The number of unbranched alkanes of at least 4 members (excludes halogenated alkanes) is 7. The molecule has 0 amide bonds. The summed E-state index contributed by atoms with van der Waals surface area (Å²) in [6.07, 6.45) is 16.1. The van der Waals surface area contributed by atoms with Gasteiger partial charge >= 0.3 is 0 Å². The molecule has 3 rings (SSSR count). The van der Waals surface area contributed by atoms with Gasteiger partial charge in [0, 0.05) is 5.56 Å². The molecule has 0 aliphatic heterocycles. The number of hydrogen-bond acceptors (Lipinski definition) is 1. The fourth-order valence-corrected chi connectivity index (χ4v) is 4.35. The van der Waals surface area contributed by atoms with Crippen LogP contribution in [0.1, 0.15) is 90.9 Å². The zero-order valence-corrected chi connectivity index (χ0v) is 21.6. The first-order chi connectivity index (χ1) is 17.5. The Morgan fingerprint density at radius 2 is 1.11 bits per heavy atom. The predicted octanol–water partition coefficient (Wildman–Crippen LogP) is 9.66. The summed E-state index contributed by atoms with van der Waals surface area (Å²) in [6.45, 7) is 6.05. The van der Waals surface area contributed by atoms with E-state index in [1.165, 1.54) is 98.7 Å². The SMILES string of the molecule is C=C(C)c1ccc(CCCCCCCCCCc2ccc(C=CC(=O)c3ccc(F)cc3)cc2)cc1. The third-order valence-corrected chi connectivity index (χ3v) is 6.66. The van der Waals surface area contributed by atoms with E-state index in [0.29, 0.717) is 5.56 Å². The second-order valence-corrected chi connectivity index (χ2v) is 9.75. The number of carbonyl (C=O) groups excluding carboxylic acids is 1. The van der Waals surface area contributed by atoms with Crippen LogP contribution < -0.4 is 0 Å². The minimum Gasteiger partial charge on any atom is -0.289 e. The Morgan fingerprint density at radius 3 is 1.61 bits per heavy atom. The number of aryl methyl sites for hydroxylation is 2. The Labute approximate surface area is 216 Å². The van der Waals surface area contributed by atoms with Crippen molar-refractivity contribution >= 4 is 17.4 Å². The molecule has 0 atom stereocenters. The Morgan fingerprint density at radius 1 is 0.667 bits per heavy atom. The van der Waals surface area contributed by atoms with Crippen LogP contribution in [0.5, 0.6) is 0 Å².